The van der Waals surface area contributed by atoms with Crippen molar-refractivity contribution in [2.24, 2.45) is 10.9 Å². The molecule has 6 heteroatoms. The summed E-state index contributed by atoms with van der Waals surface area (Å²) in [7, 11) is 3.61. The predicted molar refractivity (Wildman–Crippen MR) is 108 cm³/mol. The first-order valence-corrected chi connectivity index (χ1v) is 8.73. The van der Waals surface area contributed by atoms with Crippen molar-refractivity contribution in [1.82, 2.24) is 10.2 Å². The van der Waals surface area contributed by atoms with Gasteiger partial charge in [-0.3, -0.25) is 4.99 Å². The first-order chi connectivity index (χ1) is 10.7. The summed E-state index contributed by atoms with van der Waals surface area (Å²) in [5, 5.41) is 3.49. The van der Waals surface area contributed by atoms with Gasteiger partial charge >= 0.3 is 0 Å². The van der Waals surface area contributed by atoms with E-state index in [1.165, 1.54) is 12.8 Å². The summed E-state index contributed by atoms with van der Waals surface area (Å²) in [4.78, 5) is 6.77. The number of halogens is 1. The lowest BCUT2D eigenvalue weighted by Crippen LogP contribution is -2.47. The molecule has 0 aliphatic carbocycles. The fourth-order valence-corrected chi connectivity index (χ4v) is 2.73. The molecule has 138 valence electrons. The van der Waals surface area contributed by atoms with E-state index in [1.807, 2.05) is 7.05 Å². The SMILES string of the molecule is CN=C(NCCCC(C)C)N1CCC(OCCCOC)CC1.I. The zero-order valence-corrected chi connectivity index (χ0v) is 17.7. The lowest BCUT2D eigenvalue weighted by Gasteiger charge is -2.34. The van der Waals surface area contributed by atoms with Gasteiger partial charge in [-0.1, -0.05) is 13.8 Å². The number of ether oxygens (including phenoxy) is 2. The Hall–Kier alpha value is -0.0800. The number of rotatable bonds is 9. The summed E-state index contributed by atoms with van der Waals surface area (Å²) in [6.45, 7) is 9.20. The molecule has 1 heterocycles. The van der Waals surface area contributed by atoms with Crippen LogP contribution in [0, 0.1) is 5.92 Å². The average molecular weight is 441 g/mol. The Morgan fingerprint density at radius 2 is 1.91 bits per heavy atom. The van der Waals surface area contributed by atoms with Crippen molar-refractivity contribution in [2.45, 2.75) is 52.1 Å². The molecule has 0 aromatic carbocycles. The molecule has 0 atom stereocenters. The van der Waals surface area contributed by atoms with Gasteiger partial charge in [0.2, 0.25) is 0 Å². The Bertz CT molecular complexity index is 306. The second-order valence-corrected chi connectivity index (χ2v) is 6.41. The van der Waals surface area contributed by atoms with E-state index >= 15 is 0 Å². The van der Waals surface area contributed by atoms with Crippen molar-refractivity contribution in [3.63, 3.8) is 0 Å². The zero-order valence-electron chi connectivity index (χ0n) is 15.3. The van der Waals surface area contributed by atoms with E-state index in [9.17, 15) is 0 Å². The molecule has 1 aliphatic rings. The number of aliphatic imine (C=N–C) groups is 1. The lowest BCUT2D eigenvalue weighted by atomic mass is 10.1. The predicted octanol–water partition coefficient (Wildman–Crippen LogP) is 3.13. The number of guanidine groups is 1. The third-order valence-corrected chi connectivity index (χ3v) is 4.04. The van der Waals surface area contributed by atoms with E-state index in [0.717, 1.165) is 64.0 Å². The van der Waals surface area contributed by atoms with Crippen LogP contribution >= 0.6 is 24.0 Å². The molecule has 1 aliphatic heterocycles. The van der Waals surface area contributed by atoms with Crippen LogP contribution in [0.15, 0.2) is 4.99 Å². The second-order valence-electron chi connectivity index (χ2n) is 6.41. The smallest absolute Gasteiger partial charge is 0.193 e. The van der Waals surface area contributed by atoms with Gasteiger partial charge in [0.05, 0.1) is 6.10 Å². The number of nitrogens with one attached hydrogen (secondary N) is 1. The highest BCUT2D eigenvalue weighted by Crippen LogP contribution is 2.14. The molecule has 0 bridgehead atoms. The highest BCUT2D eigenvalue weighted by molar-refractivity contribution is 14.0. The number of hydrogen-bond donors (Lipinski definition) is 1. The van der Waals surface area contributed by atoms with Crippen LogP contribution in [0.4, 0.5) is 0 Å². The fourth-order valence-electron chi connectivity index (χ4n) is 2.73. The summed E-state index contributed by atoms with van der Waals surface area (Å²) in [6.07, 6.45) is 6.01. The minimum Gasteiger partial charge on any atom is -0.385 e. The quantitative estimate of drug-likeness (QED) is 0.259. The number of nitrogens with zero attached hydrogens (tertiary/aromatic N) is 2. The topological polar surface area (TPSA) is 46.1 Å². The molecule has 23 heavy (non-hydrogen) atoms. The van der Waals surface area contributed by atoms with Gasteiger partial charge in [0.15, 0.2) is 5.96 Å². The van der Waals surface area contributed by atoms with Crippen LogP contribution < -0.4 is 5.32 Å². The van der Waals surface area contributed by atoms with E-state index in [2.05, 4.69) is 29.1 Å². The molecule has 0 radical (unpaired) electrons. The van der Waals surface area contributed by atoms with E-state index in [0.29, 0.717) is 6.10 Å². The van der Waals surface area contributed by atoms with E-state index < -0.39 is 0 Å². The molecule has 1 saturated heterocycles. The Balaban J connectivity index is 0.00000484. The Labute approximate surface area is 159 Å². The number of likely N-dealkylation sites (tertiary alicyclic amines) is 1. The molecule has 0 unspecified atom stereocenters. The van der Waals surface area contributed by atoms with Crippen molar-refractivity contribution >= 4 is 29.9 Å². The Morgan fingerprint density at radius 3 is 2.48 bits per heavy atom. The molecule has 0 aromatic heterocycles. The minimum absolute atomic E-state index is 0. The van der Waals surface area contributed by atoms with Gasteiger partial charge in [0.1, 0.15) is 0 Å². The molecule has 1 N–H and O–H groups in total. The maximum Gasteiger partial charge on any atom is 0.193 e. The van der Waals surface area contributed by atoms with E-state index in [4.69, 9.17) is 9.47 Å². The van der Waals surface area contributed by atoms with Gasteiger partial charge in [0.25, 0.3) is 0 Å². The molecule has 0 spiro atoms. The van der Waals surface area contributed by atoms with Crippen LogP contribution in [-0.2, 0) is 9.47 Å². The monoisotopic (exact) mass is 441 g/mol. The molecular formula is C17H36IN3O2. The van der Waals surface area contributed by atoms with Crippen LogP contribution in [-0.4, -0.2) is 64.0 Å². The normalized spacial score (nSPS) is 16.6. The summed E-state index contributed by atoms with van der Waals surface area (Å²) in [5.41, 5.74) is 0. The van der Waals surface area contributed by atoms with Crippen LogP contribution in [0.2, 0.25) is 0 Å². The lowest BCUT2D eigenvalue weighted by molar-refractivity contribution is 0.00991. The van der Waals surface area contributed by atoms with Crippen molar-refractivity contribution in [3.05, 3.63) is 0 Å². The molecule has 0 saturated carbocycles. The maximum absolute atomic E-state index is 5.90. The van der Waals surface area contributed by atoms with Crippen molar-refractivity contribution in [1.29, 1.82) is 0 Å². The van der Waals surface area contributed by atoms with Crippen LogP contribution in [0.5, 0.6) is 0 Å². The molecule has 5 nitrogen and oxygen atoms in total. The third-order valence-electron chi connectivity index (χ3n) is 4.04. The summed E-state index contributed by atoms with van der Waals surface area (Å²) >= 11 is 0. The fraction of sp³-hybridized carbons (Fsp3) is 0.941. The van der Waals surface area contributed by atoms with Crippen LogP contribution in [0.1, 0.15) is 46.0 Å². The highest BCUT2D eigenvalue weighted by Gasteiger charge is 2.21. The highest BCUT2D eigenvalue weighted by atomic mass is 127. The zero-order chi connectivity index (χ0) is 16.2. The number of piperidine rings is 1. The van der Waals surface area contributed by atoms with E-state index in [-0.39, 0.29) is 24.0 Å². The van der Waals surface area contributed by atoms with Crippen LogP contribution in [0.3, 0.4) is 0 Å². The van der Waals surface area contributed by atoms with Gasteiger partial charge < -0.3 is 19.7 Å². The average Bonchev–Trinajstić information content (AvgIpc) is 2.52. The van der Waals surface area contributed by atoms with Gasteiger partial charge in [-0.15, -0.1) is 24.0 Å². The minimum atomic E-state index is 0. The maximum atomic E-state index is 5.90. The van der Waals surface area contributed by atoms with Crippen LogP contribution in [0.25, 0.3) is 0 Å². The van der Waals surface area contributed by atoms with Gasteiger partial charge in [0, 0.05) is 47.0 Å². The molecular weight excluding hydrogens is 405 g/mol. The van der Waals surface area contributed by atoms with Crippen molar-refractivity contribution in [3.8, 4) is 0 Å². The van der Waals surface area contributed by atoms with E-state index in [1.54, 1.807) is 7.11 Å². The number of methoxy groups -OCH3 is 1. The summed E-state index contributed by atoms with van der Waals surface area (Å²) in [5.74, 6) is 1.82. The largest absolute Gasteiger partial charge is 0.385 e. The molecule has 1 fully saturated rings. The molecule has 1 rings (SSSR count). The van der Waals surface area contributed by atoms with Gasteiger partial charge in [-0.2, -0.15) is 0 Å². The molecule has 0 aromatic rings. The first-order valence-electron chi connectivity index (χ1n) is 8.73. The van der Waals surface area contributed by atoms with Gasteiger partial charge in [-0.05, 0) is 38.0 Å². The number of hydrogen-bond acceptors (Lipinski definition) is 3. The standard InChI is InChI=1S/C17H35N3O2.HI/c1-15(2)7-5-10-19-17(18-3)20-11-8-16(9-12-20)22-14-6-13-21-4;/h15-16H,5-14H2,1-4H3,(H,18,19);1H. The first kappa shape index (κ1) is 22.9. The van der Waals surface area contributed by atoms with Gasteiger partial charge in [-0.25, -0.2) is 0 Å². The summed E-state index contributed by atoms with van der Waals surface area (Å²) < 4.78 is 10.9. The third kappa shape index (κ3) is 10.4. The second kappa shape index (κ2) is 14.3. The van der Waals surface area contributed by atoms with Crippen molar-refractivity contribution in [2.75, 3.05) is 47.0 Å². The Kier molecular flexibility index (Phi) is 14.2. The van der Waals surface area contributed by atoms with Crippen molar-refractivity contribution < 1.29 is 9.47 Å². The summed E-state index contributed by atoms with van der Waals surface area (Å²) in [6, 6.07) is 0. The Morgan fingerprint density at radius 1 is 1.22 bits per heavy atom. The molecule has 0 amide bonds.